The zero-order valence-corrected chi connectivity index (χ0v) is 14.2. The second-order valence-corrected chi connectivity index (χ2v) is 8.44. The minimum Gasteiger partial charge on any atom is -0.465 e. The molecule has 0 radical (unpaired) electrons. The van der Waals surface area contributed by atoms with Crippen LogP contribution in [0.5, 0.6) is 0 Å². The van der Waals surface area contributed by atoms with Crippen molar-refractivity contribution >= 4 is 16.1 Å². The van der Waals surface area contributed by atoms with Crippen molar-refractivity contribution in [1.29, 1.82) is 0 Å². The Labute approximate surface area is 142 Å². The lowest BCUT2D eigenvalue weighted by Gasteiger charge is -2.39. The molecule has 3 rings (SSSR count). The standard InChI is InChI=1S/C16H23N3O4S/c17-15-10-12(15)6-7-13-11-18(16(20)21)8-9-19(13)24(22,23)14-4-2-1-3-5-14/h1-5,12-13,15H,6-11,17H2,(H,20,21). The molecule has 1 amide bonds. The molecule has 7 nitrogen and oxygen atoms in total. The number of amides is 1. The van der Waals surface area contributed by atoms with Crippen molar-refractivity contribution in [1.82, 2.24) is 9.21 Å². The van der Waals surface area contributed by atoms with E-state index in [1.165, 1.54) is 9.21 Å². The van der Waals surface area contributed by atoms with E-state index in [1.807, 2.05) is 0 Å². The molecule has 1 aromatic carbocycles. The fourth-order valence-corrected chi connectivity index (χ4v) is 4.96. The number of carbonyl (C=O) groups is 1. The molecule has 1 saturated heterocycles. The lowest BCUT2D eigenvalue weighted by molar-refractivity contribution is 0.101. The second-order valence-electron chi connectivity index (χ2n) is 6.55. The van der Waals surface area contributed by atoms with Crippen LogP contribution >= 0.6 is 0 Å². The summed E-state index contributed by atoms with van der Waals surface area (Å²) in [6.45, 7) is 0.592. The summed E-state index contributed by atoms with van der Waals surface area (Å²) in [4.78, 5) is 12.8. The molecule has 0 aromatic heterocycles. The van der Waals surface area contributed by atoms with E-state index in [9.17, 15) is 18.3 Å². The van der Waals surface area contributed by atoms with E-state index in [4.69, 9.17) is 5.73 Å². The summed E-state index contributed by atoms with van der Waals surface area (Å²) in [7, 11) is -3.62. The highest BCUT2D eigenvalue weighted by atomic mass is 32.2. The highest BCUT2D eigenvalue weighted by Crippen LogP contribution is 2.34. The van der Waals surface area contributed by atoms with Gasteiger partial charge in [-0.05, 0) is 37.3 Å². The van der Waals surface area contributed by atoms with Gasteiger partial charge < -0.3 is 15.7 Å². The third kappa shape index (κ3) is 3.55. The molecular weight excluding hydrogens is 330 g/mol. The fraction of sp³-hybridized carbons (Fsp3) is 0.562. The number of rotatable bonds is 5. The molecule has 2 aliphatic rings. The lowest BCUT2D eigenvalue weighted by Crippen LogP contribution is -2.56. The van der Waals surface area contributed by atoms with Gasteiger partial charge in [0.2, 0.25) is 10.0 Å². The number of hydrogen-bond acceptors (Lipinski definition) is 4. The number of benzene rings is 1. The summed E-state index contributed by atoms with van der Waals surface area (Å²) in [6.07, 6.45) is 1.44. The molecule has 0 spiro atoms. The Morgan fingerprint density at radius 1 is 1.21 bits per heavy atom. The van der Waals surface area contributed by atoms with Gasteiger partial charge in [-0.2, -0.15) is 4.31 Å². The molecule has 1 aliphatic heterocycles. The van der Waals surface area contributed by atoms with Crippen molar-refractivity contribution in [2.45, 2.75) is 36.2 Å². The zero-order valence-electron chi connectivity index (χ0n) is 13.4. The van der Waals surface area contributed by atoms with Crippen molar-refractivity contribution in [3.8, 4) is 0 Å². The van der Waals surface area contributed by atoms with E-state index in [0.29, 0.717) is 12.3 Å². The molecule has 1 saturated carbocycles. The van der Waals surface area contributed by atoms with Gasteiger partial charge in [-0.1, -0.05) is 18.2 Å². The number of nitrogens with two attached hydrogens (primary N) is 1. The van der Waals surface area contributed by atoms with Crippen LogP contribution in [-0.4, -0.2) is 60.5 Å². The summed E-state index contributed by atoms with van der Waals surface area (Å²) in [5.74, 6) is 0.437. The van der Waals surface area contributed by atoms with Crippen molar-refractivity contribution in [2.24, 2.45) is 11.7 Å². The van der Waals surface area contributed by atoms with E-state index in [1.54, 1.807) is 30.3 Å². The first kappa shape index (κ1) is 17.2. The minimum absolute atomic E-state index is 0.185. The highest BCUT2D eigenvalue weighted by Gasteiger charge is 2.39. The van der Waals surface area contributed by atoms with Crippen molar-refractivity contribution < 1.29 is 18.3 Å². The van der Waals surface area contributed by atoms with E-state index < -0.39 is 16.1 Å². The molecule has 1 aromatic rings. The van der Waals surface area contributed by atoms with E-state index >= 15 is 0 Å². The van der Waals surface area contributed by atoms with Crippen LogP contribution in [0.1, 0.15) is 19.3 Å². The van der Waals surface area contributed by atoms with Crippen LogP contribution in [0.15, 0.2) is 35.2 Å². The topological polar surface area (TPSA) is 104 Å². The molecule has 3 unspecified atom stereocenters. The molecule has 0 bridgehead atoms. The Balaban J connectivity index is 1.79. The van der Waals surface area contributed by atoms with E-state index in [2.05, 4.69) is 0 Å². The Hall–Kier alpha value is -1.64. The van der Waals surface area contributed by atoms with Gasteiger partial charge in [0, 0.05) is 31.7 Å². The van der Waals surface area contributed by atoms with Gasteiger partial charge in [-0.25, -0.2) is 13.2 Å². The quantitative estimate of drug-likeness (QED) is 0.827. The number of hydrogen-bond donors (Lipinski definition) is 2. The number of carboxylic acid groups (broad SMARTS) is 1. The summed E-state index contributed by atoms with van der Waals surface area (Å²) in [5, 5.41) is 9.23. The average molecular weight is 353 g/mol. The Morgan fingerprint density at radius 2 is 1.88 bits per heavy atom. The van der Waals surface area contributed by atoms with E-state index in [0.717, 1.165) is 12.8 Å². The van der Waals surface area contributed by atoms with Gasteiger partial charge in [0.25, 0.3) is 0 Å². The molecule has 24 heavy (non-hydrogen) atoms. The van der Waals surface area contributed by atoms with Gasteiger partial charge in [0.05, 0.1) is 4.90 Å². The molecule has 132 valence electrons. The van der Waals surface area contributed by atoms with Crippen LogP contribution in [0.2, 0.25) is 0 Å². The van der Waals surface area contributed by atoms with Crippen LogP contribution in [0.25, 0.3) is 0 Å². The van der Waals surface area contributed by atoms with Crippen LogP contribution in [0.3, 0.4) is 0 Å². The first-order chi connectivity index (χ1) is 11.4. The molecule has 3 N–H and O–H groups in total. The molecule has 3 atom stereocenters. The SMILES string of the molecule is NC1CC1CCC1CN(C(=O)O)CCN1S(=O)(=O)c1ccccc1. The smallest absolute Gasteiger partial charge is 0.407 e. The normalized spacial score (nSPS) is 27.9. The predicted molar refractivity (Wildman–Crippen MR) is 89.0 cm³/mol. The van der Waals surface area contributed by atoms with Crippen molar-refractivity contribution in [3.05, 3.63) is 30.3 Å². The predicted octanol–water partition coefficient (Wildman–Crippen LogP) is 1.17. The summed E-state index contributed by atoms with van der Waals surface area (Å²) in [5.41, 5.74) is 5.83. The highest BCUT2D eigenvalue weighted by molar-refractivity contribution is 7.89. The summed E-state index contributed by atoms with van der Waals surface area (Å²) >= 11 is 0. The first-order valence-electron chi connectivity index (χ1n) is 8.20. The van der Waals surface area contributed by atoms with Gasteiger partial charge in [-0.3, -0.25) is 0 Å². The number of piperazine rings is 1. The summed E-state index contributed by atoms with van der Waals surface area (Å²) in [6, 6.07) is 8.18. The minimum atomic E-state index is -3.62. The third-order valence-corrected chi connectivity index (χ3v) is 6.86. The van der Waals surface area contributed by atoms with Gasteiger partial charge in [0.1, 0.15) is 0 Å². The monoisotopic (exact) mass is 353 g/mol. The largest absolute Gasteiger partial charge is 0.465 e. The van der Waals surface area contributed by atoms with Gasteiger partial charge >= 0.3 is 6.09 Å². The number of sulfonamides is 1. The maximum absolute atomic E-state index is 12.9. The van der Waals surface area contributed by atoms with Crippen LogP contribution < -0.4 is 5.73 Å². The number of nitrogens with zero attached hydrogens (tertiary/aromatic N) is 2. The van der Waals surface area contributed by atoms with Crippen LogP contribution in [0.4, 0.5) is 4.79 Å². The van der Waals surface area contributed by atoms with Gasteiger partial charge in [-0.15, -0.1) is 0 Å². The van der Waals surface area contributed by atoms with E-state index in [-0.39, 0.29) is 36.6 Å². The third-order valence-electron chi connectivity index (χ3n) is 4.90. The van der Waals surface area contributed by atoms with Crippen molar-refractivity contribution in [3.63, 3.8) is 0 Å². The first-order valence-corrected chi connectivity index (χ1v) is 9.64. The Kier molecular flexibility index (Phi) is 4.80. The Bertz CT molecular complexity index is 695. The second kappa shape index (κ2) is 6.70. The van der Waals surface area contributed by atoms with Crippen LogP contribution in [0, 0.1) is 5.92 Å². The van der Waals surface area contributed by atoms with Crippen LogP contribution in [-0.2, 0) is 10.0 Å². The molecular formula is C16H23N3O4S. The molecule has 2 fully saturated rings. The molecule has 1 heterocycles. The Morgan fingerprint density at radius 3 is 2.46 bits per heavy atom. The zero-order chi connectivity index (χ0) is 17.3. The lowest BCUT2D eigenvalue weighted by atomic mass is 10.1. The summed E-state index contributed by atoms with van der Waals surface area (Å²) < 4.78 is 27.3. The maximum Gasteiger partial charge on any atom is 0.407 e. The fourth-order valence-electron chi connectivity index (χ4n) is 3.30. The van der Waals surface area contributed by atoms with Gasteiger partial charge in [0.15, 0.2) is 0 Å². The molecule has 8 heteroatoms. The molecule has 1 aliphatic carbocycles. The maximum atomic E-state index is 12.9. The van der Waals surface area contributed by atoms with Crippen molar-refractivity contribution in [2.75, 3.05) is 19.6 Å². The average Bonchev–Trinajstić information content (AvgIpc) is 3.29.